The zero-order valence-corrected chi connectivity index (χ0v) is 31.7. The van der Waals surface area contributed by atoms with Crippen molar-refractivity contribution in [3.05, 3.63) is 89.5 Å². The average Bonchev–Trinajstić information content (AvgIpc) is 3.62. The zero-order chi connectivity index (χ0) is 37.1. The standard InChI is InChI=1S/2C12H12F3N4O.C8H11P.Os/c2*1-10(2,3)7-4-5-16-8(6-7)9-17-12(20,19-18-9)11(13,14)15;1-9(2)8-6-4-3-5-7-8;/h2*4-6H,1-3H3;3-7H,1-2H3;/q2*-1;;+2. The Morgan fingerprint density at radius 2 is 0.960 bits per heavy atom. The molecule has 4 heterocycles. The Morgan fingerprint density at radius 1 is 0.600 bits per heavy atom. The number of pyridine rings is 2. The molecule has 2 aromatic heterocycles. The molecule has 5 rings (SSSR count). The van der Waals surface area contributed by atoms with Crippen LogP contribution in [0.15, 0.2) is 97.4 Å². The fourth-order valence-corrected chi connectivity index (χ4v) is 4.60. The second-order valence-electron chi connectivity index (χ2n) is 13.1. The predicted molar refractivity (Wildman–Crippen MR) is 171 cm³/mol. The first kappa shape index (κ1) is 42.8. The van der Waals surface area contributed by atoms with Gasteiger partial charge >= 0.3 is 32.1 Å². The van der Waals surface area contributed by atoms with Crippen molar-refractivity contribution in [3.8, 4) is 0 Å². The van der Waals surface area contributed by atoms with Crippen LogP contribution in [0, 0.1) is 0 Å². The number of rotatable bonds is 3. The number of nitrogens with zero attached hydrogens (tertiary/aromatic N) is 8. The van der Waals surface area contributed by atoms with E-state index in [1.54, 1.807) is 24.3 Å². The summed E-state index contributed by atoms with van der Waals surface area (Å²) >= 11 is 0. The smallest absolute Gasteiger partial charge is 0.806 e. The number of amidine groups is 2. The molecule has 18 heteroatoms. The summed E-state index contributed by atoms with van der Waals surface area (Å²) in [6.07, 6.45) is -7.38. The van der Waals surface area contributed by atoms with E-state index in [2.05, 4.69) is 84.1 Å². The second-order valence-corrected chi connectivity index (χ2v) is 15.4. The van der Waals surface area contributed by atoms with Crippen LogP contribution in [0.5, 0.6) is 0 Å². The topological polar surface area (TPSA) is 146 Å². The van der Waals surface area contributed by atoms with Gasteiger partial charge in [-0.3, -0.25) is 9.97 Å². The van der Waals surface area contributed by atoms with Crippen molar-refractivity contribution in [2.75, 3.05) is 13.3 Å². The number of aromatic nitrogens is 2. The first-order chi connectivity index (χ1) is 22.4. The largest absolute Gasteiger partial charge is 2.00 e. The fraction of sp³-hybridized carbons (Fsp3) is 0.438. The van der Waals surface area contributed by atoms with Crippen LogP contribution < -0.4 is 15.5 Å². The van der Waals surface area contributed by atoms with Crippen LogP contribution >= 0.6 is 7.92 Å². The molecule has 0 saturated carbocycles. The zero-order valence-electron chi connectivity index (χ0n) is 28.3. The number of halogens is 6. The Hall–Kier alpha value is -3.37. The van der Waals surface area contributed by atoms with Gasteiger partial charge in [0.25, 0.3) is 0 Å². The number of azo groups is 2. The molecule has 0 aliphatic carbocycles. The minimum Gasteiger partial charge on any atom is -0.806 e. The molecular weight excluding hydrogens is 864 g/mol. The van der Waals surface area contributed by atoms with Crippen LogP contribution in [0.25, 0.3) is 0 Å². The minimum absolute atomic E-state index is 0. The van der Waals surface area contributed by atoms with Crippen LogP contribution in [-0.4, -0.2) is 59.0 Å². The van der Waals surface area contributed by atoms with Crippen molar-refractivity contribution in [2.24, 2.45) is 30.4 Å². The van der Waals surface area contributed by atoms with E-state index in [1.807, 2.05) is 41.5 Å². The molecule has 50 heavy (non-hydrogen) atoms. The molecule has 10 nitrogen and oxygen atoms in total. The predicted octanol–water partition coefficient (Wildman–Crippen LogP) is 6.39. The maximum atomic E-state index is 12.5. The van der Waals surface area contributed by atoms with E-state index in [0.717, 1.165) is 11.1 Å². The Morgan fingerprint density at radius 3 is 1.22 bits per heavy atom. The van der Waals surface area contributed by atoms with Crippen LogP contribution in [0.2, 0.25) is 0 Å². The second kappa shape index (κ2) is 15.9. The molecule has 2 unspecified atom stereocenters. The van der Waals surface area contributed by atoms with E-state index in [4.69, 9.17) is 0 Å². The third-order valence-corrected chi connectivity index (χ3v) is 8.13. The molecular formula is C32H35F6N8O2OsP. The molecule has 0 spiro atoms. The van der Waals surface area contributed by atoms with Crippen LogP contribution in [-0.2, 0) is 30.6 Å². The summed E-state index contributed by atoms with van der Waals surface area (Å²) < 4.78 is 75.1. The van der Waals surface area contributed by atoms with Gasteiger partial charge in [-0.05, 0) is 64.9 Å². The van der Waals surface area contributed by atoms with E-state index in [0.29, 0.717) is 0 Å². The maximum absolute atomic E-state index is 12.5. The van der Waals surface area contributed by atoms with Gasteiger partial charge in [0, 0.05) is 12.4 Å². The summed E-state index contributed by atoms with van der Waals surface area (Å²) in [6.45, 7) is 16.2. The number of alkyl halides is 6. The Bertz CT molecular complexity index is 1630. The number of hydrogen-bond donors (Lipinski definition) is 0. The Balaban J connectivity index is 0.000000275. The van der Waals surface area contributed by atoms with Gasteiger partial charge in [0.1, 0.15) is 11.4 Å². The van der Waals surface area contributed by atoms with Crippen molar-refractivity contribution in [3.63, 3.8) is 0 Å². The van der Waals surface area contributed by atoms with Gasteiger partial charge in [0.15, 0.2) is 11.7 Å². The summed E-state index contributed by atoms with van der Waals surface area (Å²) in [5, 5.41) is 36.1. The Labute approximate surface area is 300 Å². The molecule has 2 aliphatic heterocycles. The van der Waals surface area contributed by atoms with Crippen molar-refractivity contribution in [1.29, 1.82) is 0 Å². The molecule has 0 amide bonds. The summed E-state index contributed by atoms with van der Waals surface area (Å²) in [5.74, 6) is -8.32. The molecule has 0 radical (unpaired) electrons. The van der Waals surface area contributed by atoms with Crippen LogP contribution in [0.3, 0.4) is 0 Å². The average molecular weight is 899 g/mol. The van der Waals surface area contributed by atoms with Gasteiger partial charge in [-0.2, -0.15) is 36.6 Å². The fourth-order valence-electron chi connectivity index (χ4n) is 3.83. The molecule has 1 aromatic carbocycles. The summed E-state index contributed by atoms with van der Waals surface area (Å²) in [5.41, 5.74) is 1.46. The molecule has 0 bridgehead atoms. The monoisotopic (exact) mass is 900 g/mol. The molecule has 0 saturated heterocycles. The van der Waals surface area contributed by atoms with Crippen LogP contribution in [0.1, 0.15) is 64.1 Å². The molecule has 0 fully saturated rings. The third kappa shape index (κ3) is 10.8. The molecule has 2 atom stereocenters. The van der Waals surface area contributed by atoms with Gasteiger partial charge in [-0.15, -0.1) is 10.2 Å². The van der Waals surface area contributed by atoms with Gasteiger partial charge in [0.05, 0.1) is 0 Å². The molecule has 270 valence electrons. The van der Waals surface area contributed by atoms with E-state index in [1.165, 1.54) is 17.7 Å². The summed E-state index contributed by atoms with van der Waals surface area (Å²) in [4.78, 5) is 13.8. The van der Waals surface area contributed by atoms with E-state index < -0.39 is 35.7 Å². The number of hydrogen-bond acceptors (Lipinski definition) is 10. The van der Waals surface area contributed by atoms with Gasteiger partial charge in [-0.25, -0.2) is 9.98 Å². The normalized spacial score (nSPS) is 20.3. The minimum atomic E-state index is -5.13. The SMILES string of the molecule is CC(C)(C)c1ccnc(C2=NC([O-])(C(F)(F)F)N=N2)c1.CC(C)(C)c1ccnc(C2=NC([O-])(C(F)(F)F)N=N2)c1.CP(C)c1ccccc1.[Os+2]. The van der Waals surface area contributed by atoms with E-state index >= 15 is 0 Å². The van der Waals surface area contributed by atoms with Crippen molar-refractivity contribution in [1.82, 2.24) is 9.97 Å². The van der Waals surface area contributed by atoms with Crippen molar-refractivity contribution >= 4 is 24.9 Å². The molecule has 0 N–H and O–H groups in total. The quantitative estimate of drug-likeness (QED) is 0.222. The Kier molecular flexibility index (Phi) is 13.6. The first-order valence-corrected chi connectivity index (χ1v) is 16.9. The first-order valence-electron chi connectivity index (χ1n) is 14.6. The van der Waals surface area contributed by atoms with Gasteiger partial charge in [-0.1, -0.05) is 79.8 Å². The van der Waals surface area contributed by atoms with Crippen LogP contribution in [0.4, 0.5) is 26.3 Å². The van der Waals surface area contributed by atoms with E-state index in [9.17, 15) is 36.6 Å². The maximum Gasteiger partial charge on any atom is 2.00 e. The molecule has 3 aromatic rings. The third-order valence-electron chi connectivity index (χ3n) is 6.80. The molecule has 2 aliphatic rings. The number of benzene rings is 1. The summed E-state index contributed by atoms with van der Waals surface area (Å²) in [7, 11) is 0.104. The summed E-state index contributed by atoms with van der Waals surface area (Å²) in [6, 6.07) is 17.2. The van der Waals surface area contributed by atoms with Gasteiger partial charge < -0.3 is 10.2 Å². The van der Waals surface area contributed by atoms with Crippen molar-refractivity contribution in [2.45, 2.75) is 76.4 Å². The van der Waals surface area contributed by atoms with Crippen molar-refractivity contribution < 1.29 is 56.3 Å². The number of aliphatic imine (C=N–C) groups is 2. The van der Waals surface area contributed by atoms with E-state index in [-0.39, 0.29) is 49.9 Å². The van der Waals surface area contributed by atoms with Gasteiger partial charge in [0.2, 0.25) is 11.7 Å².